The number of thiophene rings is 1. The highest BCUT2D eigenvalue weighted by molar-refractivity contribution is 7.16. The number of imidazole rings is 2. The summed E-state index contributed by atoms with van der Waals surface area (Å²) in [5, 5.41) is 3.49. The molecule has 0 radical (unpaired) electrons. The van der Waals surface area contributed by atoms with Crippen LogP contribution < -0.4 is 5.32 Å². The molecule has 34 heavy (non-hydrogen) atoms. The summed E-state index contributed by atoms with van der Waals surface area (Å²) >= 11 is 1.69. The van der Waals surface area contributed by atoms with Crippen molar-refractivity contribution in [1.82, 2.24) is 30.2 Å². The summed E-state index contributed by atoms with van der Waals surface area (Å²) in [5.74, 6) is 8.72. The first-order chi connectivity index (χ1) is 16.7. The van der Waals surface area contributed by atoms with E-state index in [-0.39, 0.29) is 0 Å². The fraction of sp³-hybridized carbons (Fsp3) is 0.333. The summed E-state index contributed by atoms with van der Waals surface area (Å²) in [7, 11) is 2.17. The summed E-state index contributed by atoms with van der Waals surface area (Å²) in [5.41, 5.74) is 4.26. The number of nitrogens with zero attached hydrogens (tertiary/aromatic N) is 3. The highest BCUT2D eigenvalue weighted by atomic mass is 32.1. The third-order valence-electron chi connectivity index (χ3n) is 6.81. The van der Waals surface area contributed by atoms with E-state index in [1.165, 1.54) is 24.1 Å². The standard InChI is InChI=1S/C27H28N6S/c1-33-15-3-5-24(33)27-30-16-22(31-27)19-9-6-18(7-10-19)8-11-20-12-13-25(34-20)23-17-29-26(32-23)21-4-2-14-28-21/h6-7,9-10,12-13,16-17,21,24,28H,2-5,14-15H2,1H3,(H,29,32)(H,30,31)/t21-,24-/m1/s1. The minimum Gasteiger partial charge on any atom is -0.341 e. The molecule has 5 heterocycles. The quantitative estimate of drug-likeness (QED) is 0.364. The van der Waals surface area contributed by atoms with E-state index >= 15 is 0 Å². The number of H-pyrrole nitrogens is 2. The third-order valence-corrected chi connectivity index (χ3v) is 7.85. The van der Waals surface area contributed by atoms with Crippen LogP contribution >= 0.6 is 11.3 Å². The Balaban J connectivity index is 1.13. The summed E-state index contributed by atoms with van der Waals surface area (Å²) in [6.07, 6.45) is 8.63. The van der Waals surface area contributed by atoms with Crippen LogP contribution in [0.2, 0.25) is 0 Å². The molecule has 4 aromatic rings. The predicted octanol–water partition coefficient (Wildman–Crippen LogP) is 5.12. The number of aromatic amines is 2. The lowest BCUT2D eigenvalue weighted by Gasteiger charge is -2.16. The van der Waals surface area contributed by atoms with Crippen molar-refractivity contribution in [3.8, 4) is 33.7 Å². The van der Waals surface area contributed by atoms with Gasteiger partial charge in [-0.2, -0.15) is 0 Å². The zero-order valence-electron chi connectivity index (χ0n) is 19.3. The predicted molar refractivity (Wildman–Crippen MR) is 136 cm³/mol. The van der Waals surface area contributed by atoms with Crippen LogP contribution in [0.15, 0.2) is 48.8 Å². The minimum atomic E-state index is 0.355. The van der Waals surface area contributed by atoms with Crippen molar-refractivity contribution in [3.05, 3.63) is 70.9 Å². The van der Waals surface area contributed by atoms with Crippen LogP contribution in [0.5, 0.6) is 0 Å². The number of aromatic nitrogens is 4. The number of rotatable bonds is 4. The molecule has 6 rings (SSSR count). The van der Waals surface area contributed by atoms with E-state index in [0.29, 0.717) is 12.1 Å². The van der Waals surface area contributed by atoms with Gasteiger partial charge in [0, 0.05) is 5.56 Å². The minimum absolute atomic E-state index is 0.355. The van der Waals surface area contributed by atoms with Crippen LogP contribution in [0, 0.1) is 11.8 Å². The van der Waals surface area contributed by atoms with E-state index in [9.17, 15) is 0 Å². The molecule has 0 spiro atoms. The fourth-order valence-electron chi connectivity index (χ4n) is 4.88. The van der Waals surface area contributed by atoms with Crippen molar-refractivity contribution in [1.29, 1.82) is 0 Å². The smallest absolute Gasteiger partial charge is 0.123 e. The van der Waals surface area contributed by atoms with Gasteiger partial charge in [0.05, 0.1) is 45.6 Å². The maximum Gasteiger partial charge on any atom is 0.123 e. The second-order valence-electron chi connectivity index (χ2n) is 9.14. The van der Waals surface area contributed by atoms with E-state index in [0.717, 1.165) is 58.6 Å². The molecule has 0 bridgehead atoms. The molecule has 0 amide bonds. The molecule has 2 aliphatic rings. The lowest BCUT2D eigenvalue weighted by molar-refractivity contribution is 0.307. The molecular formula is C27H28N6S. The van der Waals surface area contributed by atoms with Gasteiger partial charge in [0.15, 0.2) is 0 Å². The summed E-state index contributed by atoms with van der Waals surface area (Å²) in [4.78, 5) is 20.8. The van der Waals surface area contributed by atoms with E-state index in [1.807, 2.05) is 12.4 Å². The van der Waals surface area contributed by atoms with Crippen molar-refractivity contribution in [2.75, 3.05) is 20.1 Å². The number of likely N-dealkylation sites (tertiary alicyclic amines) is 1. The van der Waals surface area contributed by atoms with Gasteiger partial charge >= 0.3 is 0 Å². The molecule has 7 heteroatoms. The molecular weight excluding hydrogens is 440 g/mol. The largest absolute Gasteiger partial charge is 0.341 e. The molecule has 172 valence electrons. The van der Waals surface area contributed by atoms with Crippen LogP contribution in [0.3, 0.4) is 0 Å². The Bertz CT molecular complexity index is 1330. The number of hydrogen-bond acceptors (Lipinski definition) is 5. The van der Waals surface area contributed by atoms with Crippen molar-refractivity contribution in [3.63, 3.8) is 0 Å². The van der Waals surface area contributed by atoms with Crippen LogP contribution in [-0.4, -0.2) is 45.0 Å². The first-order valence-electron chi connectivity index (χ1n) is 12.0. The molecule has 2 atom stereocenters. The Morgan fingerprint density at radius 3 is 2.53 bits per heavy atom. The average molecular weight is 469 g/mol. The lowest BCUT2D eigenvalue weighted by Crippen LogP contribution is -2.18. The maximum atomic E-state index is 4.64. The van der Waals surface area contributed by atoms with Gasteiger partial charge < -0.3 is 15.3 Å². The van der Waals surface area contributed by atoms with E-state index < -0.39 is 0 Å². The molecule has 0 saturated carbocycles. The summed E-state index contributed by atoms with van der Waals surface area (Å²) < 4.78 is 0. The monoisotopic (exact) mass is 468 g/mol. The van der Waals surface area contributed by atoms with Gasteiger partial charge in [-0.3, -0.25) is 4.90 Å². The van der Waals surface area contributed by atoms with Crippen molar-refractivity contribution in [2.24, 2.45) is 0 Å². The first kappa shape index (κ1) is 21.4. The lowest BCUT2D eigenvalue weighted by atomic mass is 10.1. The van der Waals surface area contributed by atoms with Gasteiger partial charge in [-0.25, -0.2) is 9.97 Å². The highest BCUT2D eigenvalue weighted by Gasteiger charge is 2.25. The van der Waals surface area contributed by atoms with Crippen molar-refractivity contribution >= 4 is 11.3 Å². The Morgan fingerprint density at radius 1 is 0.912 bits per heavy atom. The SMILES string of the molecule is CN1CCC[C@@H]1c1ncc(-c2ccc(C#Cc3ccc(-c4cnc([C@H]5CCCN5)[nH]4)s3)cc2)[nH]1. The van der Waals surface area contributed by atoms with Crippen molar-refractivity contribution < 1.29 is 0 Å². The summed E-state index contributed by atoms with van der Waals surface area (Å²) in [6.45, 7) is 2.21. The van der Waals surface area contributed by atoms with E-state index in [4.69, 9.17) is 0 Å². The Hall–Kier alpha value is -3.18. The molecule has 6 nitrogen and oxygen atoms in total. The summed E-state index contributed by atoms with van der Waals surface area (Å²) in [6, 6.07) is 13.3. The number of benzene rings is 1. The normalized spacial score (nSPS) is 20.5. The van der Waals surface area contributed by atoms with Gasteiger partial charge in [0.25, 0.3) is 0 Å². The van der Waals surface area contributed by atoms with Crippen LogP contribution in [-0.2, 0) is 0 Å². The van der Waals surface area contributed by atoms with Crippen molar-refractivity contribution in [2.45, 2.75) is 37.8 Å². The maximum absolute atomic E-state index is 4.64. The van der Waals surface area contributed by atoms with Crippen LogP contribution in [0.25, 0.3) is 21.8 Å². The zero-order valence-corrected chi connectivity index (χ0v) is 20.1. The van der Waals surface area contributed by atoms with Gasteiger partial charge in [-0.05, 0) is 75.6 Å². The van der Waals surface area contributed by atoms with Crippen LogP contribution in [0.4, 0.5) is 0 Å². The topological polar surface area (TPSA) is 72.6 Å². The Kier molecular flexibility index (Phi) is 5.79. The second kappa shape index (κ2) is 9.22. The van der Waals surface area contributed by atoms with Gasteiger partial charge in [0.1, 0.15) is 11.6 Å². The molecule has 3 N–H and O–H groups in total. The van der Waals surface area contributed by atoms with E-state index in [1.54, 1.807) is 11.3 Å². The third kappa shape index (κ3) is 4.32. The zero-order chi connectivity index (χ0) is 22.9. The molecule has 0 unspecified atom stereocenters. The number of hydrogen-bond donors (Lipinski definition) is 3. The second-order valence-corrected chi connectivity index (χ2v) is 10.2. The fourth-order valence-corrected chi connectivity index (χ4v) is 5.71. The molecule has 2 aliphatic heterocycles. The molecule has 2 saturated heterocycles. The first-order valence-corrected chi connectivity index (χ1v) is 12.8. The highest BCUT2D eigenvalue weighted by Crippen LogP contribution is 2.30. The number of nitrogens with one attached hydrogen (secondary N) is 3. The molecule has 2 fully saturated rings. The van der Waals surface area contributed by atoms with Gasteiger partial charge in [-0.1, -0.05) is 24.0 Å². The van der Waals surface area contributed by atoms with Gasteiger partial charge in [0.2, 0.25) is 0 Å². The molecule has 0 aliphatic carbocycles. The molecule has 1 aromatic carbocycles. The molecule has 3 aromatic heterocycles. The Labute approximate surface area is 203 Å². The van der Waals surface area contributed by atoms with Crippen LogP contribution in [0.1, 0.15) is 59.9 Å². The average Bonchev–Trinajstić information content (AvgIpc) is 3.67. The Morgan fingerprint density at radius 2 is 1.74 bits per heavy atom. The van der Waals surface area contributed by atoms with Gasteiger partial charge in [-0.15, -0.1) is 11.3 Å². The van der Waals surface area contributed by atoms with E-state index in [2.05, 4.69) is 85.4 Å².